The first-order valence-corrected chi connectivity index (χ1v) is 5.85. The van der Waals surface area contributed by atoms with Crippen molar-refractivity contribution in [3.05, 3.63) is 64.7 Å². The van der Waals surface area contributed by atoms with Gasteiger partial charge < -0.3 is 10.4 Å². The Balaban J connectivity index is 2.14. The van der Waals surface area contributed by atoms with Gasteiger partial charge in [-0.05, 0) is 23.8 Å². The van der Waals surface area contributed by atoms with E-state index >= 15 is 0 Å². The lowest BCUT2D eigenvalue weighted by Gasteiger charge is -2.09. The summed E-state index contributed by atoms with van der Waals surface area (Å²) in [5, 5.41) is 12.6. The summed E-state index contributed by atoms with van der Waals surface area (Å²) in [6.45, 7) is 0.601. The Morgan fingerprint density at radius 3 is 2.56 bits per heavy atom. The van der Waals surface area contributed by atoms with Crippen molar-refractivity contribution in [3.63, 3.8) is 0 Å². The van der Waals surface area contributed by atoms with E-state index < -0.39 is 5.97 Å². The second kappa shape index (κ2) is 5.56. The van der Waals surface area contributed by atoms with Gasteiger partial charge in [-0.15, -0.1) is 0 Å². The van der Waals surface area contributed by atoms with Crippen LogP contribution >= 0.6 is 11.6 Å². The summed E-state index contributed by atoms with van der Waals surface area (Å²) in [5.74, 6) is -0.963. The lowest BCUT2D eigenvalue weighted by atomic mass is 10.2. The zero-order valence-electron chi connectivity index (χ0n) is 9.56. The highest BCUT2D eigenvalue weighted by Gasteiger charge is 2.06. The van der Waals surface area contributed by atoms with Crippen LogP contribution in [0.2, 0.25) is 5.02 Å². The van der Waals surface area contributed by atoms with Gasteiger partial charge in [0.2, 0.25) is 0 Å². The van der Waals surface area contributed by atoms with Crippen LogP contribution in [0.4, 0.5) is 5.69 Å². The van der Waals surface area contributed by atoms with Crippen LogP contribution in [0.5, 0.6) is 0 Å². The van der Waals surface area contributed by atoms with E-state index in [0.717, 1.165) is 5.56 Å². The number of hydrogen-bond donors (Lipinski definition) is 2. The standard InChI is InChI=1S/C14H12ClNO2/c15-12-7-6-11(14(17)18)8-13(12)16-9-10-4-2-1-3-5-10/h1-8,16H,9H2,(H,17,18). The molecule has 4 heteroatoms. The first-order chi connectivity index (χ1) is 8.66. The average molecular weight is 262 g/mol. The fourth-order valence-electron chi connectivity index (χ4n) is 1.59. The maximum atomic E-state index is 10.9. The molecule has 0 heterocycles. The molecule has 0 saturated heterocycles. The van der Waals surface area contributed by atoms with E-state index in [1.165, 1.54) is 12.1 Å². The minimum atomic E-state index is -0.963. The molecule has 0 saturated carbocycles. The van der Waals surface area contributed by atoms with Crippen LogP contribution in [0.1, 0.15) is 15.9 Å². The van der Waals surface area contributed by atoms with E-state index in [4.69, 9.17) is 16.7 Å². The molecule has 2 rings (SSSR count). The van der Waals surface area contributed by atoms with Gasteiger partial charge in [-0.2, -0.15) is 0 Å². The number of rotatable bonds is 4. The van der Waals surface area contributed by atoms with Gasteiger partial charge in [0.25, 0.3) is 0 Å². The van der Waals surface area contributed by atoms with Gasteiger partial charge in [0, 0.05) is 6.54 Å². The fourth-order valence-corrected chi connectivity index (χ4v) is 1.77. The van der Waals surface area contributed by atoms with Crippen LogP contribution in [0.15, 0.2) is 48.5 Å². The second-order valence-electron chi connectivity index (χ2n) is 3.84. The van der Waals surface area contributed by atoms with E-state index in [2.05, 4.69) is 5.32 Å². The normalized spacial score (nSPS) is 10.1. The van der Waals surface area contributed by atoms with Crippen molar-refractivity contribution < 1.29 is 9.90 Å². The highest BCUT2D eigenvalue weighted by Crippen LogP contribution is 2.23. The first-order valence-electron chi connectivity index (χ1n) is 5.47. The Hall–Kier alpha value is -2.00. The molecule has 0 aliphatic heterocycles. The maximum Gasteiger partial charge on any atom is 0.335 e. The van der Waals surface area contributed by atoms with Gasteiger partial charge in [-0.3, -0.25) is 0 Å². The molecule has 2 aromatic carbocycles. The third kappa shape index (κ3) is 3.02. The zero-order chi connectivity index (χ0) is 13.0. The van der Waals surface area contributed by atoms with Crippen molar-refractivity contribution in [2.45, 2.75) is 6.54 Å². The van der Waals surface area contributed by atoms with Crippen LogP contribution in [0, 0.1) is 0 Å². The van der Waals surface area contributed by atoms with Crippen LogP contribution < -0.4 is 5.32 Å². The molecule has 0 unspecified atom stereocenters. The van der Waals surface area contributed by atoms with E-state index in [0.29, 0.717) is 17.3 Å². The van der Waals surface area contributed by atoms with Gasteiger partial charge in [0.15, 0.2) is 0 Å². The van der Waals surface area contributed by atoms with Crippen LogP contribution in [0.3, 0.4) is 0 Å². The number of aromatic carboxylic acids is 1. The van der Waals surface area contributed by atoms with Crippen molar-refractivity contribution in [2.24, 2.45) is 0 Å². The summed E-state index contributed by atoms with van der Waals surface area (Å²) in [5.41, 5.74) is 1.95. The molecule has 2 aromatic rings. The smallest absolute Gasteiger partial charge is 0.335 e. The fraction of sp³-hybridized carbons (Fsp3) is 0.0714. The first kappa shape index (κ1) is 12.5. The third-order valence-corrected chi connectivity index (χ3v) is 2.87. The number of carboxylic acid groups (broad SMARTS) is 1. The van der Waals surface area contributed by atoms with Crippen molar-refractivity contribution in [3.8, 4) is 0 Å². The Labute approximate surface area is 110 Å². The summed E-state index contributed by atoms with van der Waals surface area (Å²) in [7, 11) is 0. The quantitative estimate of drug-likeness (QED) is 0.883. The third-order valence-electron chi connectivity index (χ3n) is 2.54. The number of carboxylic acids is 1. The van der Waals surface area contributed by atoms with Crippen molar-refractivity contribution in [2.75, 3.05) is 5.32 Å². The molecule has 0 aliphatic rings. The monoisotopic (exact) mass is 261 g/mol. The molecule has 0 radical (unpaired) electrons. The van der Waals surface area contributed by atoms with Gasteiger partial charge in [0.1, 0.15) is 0 Å². The molecule has 3 nitrogen and oxygen atoms in total. The number of carbonyl (C=O) groups is 1. The molecule has 0 atom stereocenters. The van der Waals surface area contributed by atoms with Gasteiger partial charge in [0.05, 0.1) is 16.3 Å². The van der Waals surface area contributed by atoms with E-state index in [1.807, 2.05) is 30.3 Å². The lowest BCUT2D eigenvalue weighted by molar-refractivity contribution is 0.0697. The van der Waals surface area contributed by atoms with Crippen LogP contribution in [-0.4, -0.2) is 11.1 Å². The predicted molar refractivity (Wildman–Crippen MR) is 72.2 cm³/mol. The zero-order valence-corrected chi connectivity index (χ0v) is 10.3. The van der Waals surface area contributed by atoms with E-state index in [1.54, 1.807) is 6.07 Å². The highest BCUT2D eigenvalue weighted by atomic mass is 35.5. The number of halogens is 1. The molecule has 0 spiro atoms. The number of hydrogen-bond acceptors (Lipinski definition) is 2. The Morgan fingerprint density at radius 1 is 1.17 bits per heavy atom. The predicted octanol–water partition coefficient (Wildman–Crippen LogP) is 3.65. The summed E-state index contributed by atoms with van der Waals surface area (Å²) in [6.07, 6.45) is 0. The van der Waals surface area contributed by atoms with Crippen LogP contribution in [-0.2, 0) is 6.54 Å². The minimum Gasteiger partial charge on any atom is -0.478 e. The van der Waals surface area contributed by atoms with Crippen molar-refractivity contribution in [1.29, 1.82) is 0 Å². The summed E-state index contributed by atoms with van der Waals surface area (Å²) >= 11 is 6.01. The summed E-state index contributed by atoms with van der Waals surface area (Å²) in [4.78, 5) is 10.9. The molecule has 0 amide bonds. The molecule has 92 valence electrons. The summed E-state index contributed by atoms with van der Waals surface area (Å²) < 4.78 is 0. The topological polar surface area (TPSA) is 49.3 Å². The largest absolute Gasteiger partial charge is 0.478 e. The van der Waals surface area contributed by atoms with Crippen LogP contribution in [0.25, 0.3) is 0 Å². The molecule has 0 bridgehead atoms. The van der Waals surface area contributed by atoms with Gasteiger partial charge in [-0.1, -0.05) is 41.9 Å². The lowest BCUT2D eigenvalue weighted by Crippen LogP contribution is -2.02. The van der Waals surface area contributed by atoms with E-state index in [9.17, 15) is 4.79 Å². The average Bonchev–Trinajstić information content (AvgIpc) is 2.38. The van der Waals surface area contributed by atoms with Crippen molar-refractivity contribution >= 4 is 23.3 Å². The Bertz CT molecular complexity index is 555. The Kier molecular flexibility index (Phi) is 3.85. The number of benzene rings is 2. The number of nitrogens with one attached hydrogen (secondary N) is 1. The summed E-state index contributed by atoms with van der Waals surface area (Å²) in [6, 6.07) is 14.4. The molecule has 2 N–H and O–H groups in total. The molecule has 0 aliphatic carbocycles. The molecular formula is C14H12ClNO2. The molecule has 18 heavy (non-hydrogen) atoms. The minimum absolute atomic E-state index is 0.218. The second-order valence-corrected chi connectivity index (χ2v) is 4.25. The van der Waals surface area contributed by atoms with Gasteiger partial charge in [-0.25, -0.2) is 4.79 Å². The van der Waals surface area contributed by atoms with Crippen molar-refractivity contribution in [1.82, 2.24) is 0 Å². The maximum absolute atomic E-state index is 10.9. The molecular weight excluding hydrogens is 250 g/mol. The Morgan fingerprint density at radius 2 is 1.89 bits per heavy atom. The molecule has 0 fully saturated rings. The van der Waals surface area contributed by atoms with Gasteiger partial charge >= 0.3 is 5.97 Å². The SMILES string of the molecule is O=C(O)c1ccc(Cl)c(NCc2ccccc2)c1. The highest BCUT2D eigenvalue weighted by molar-refractivity contribution is 6.33. The number of anilines is 1. The van der Waals surface area contributed by atoms with E-state index in [-0.39, 0.29) is 5.56 Å². The molecule has 0 aromatic heterocycles.